The third kappa shape index (κ3) is 2.92. The number of hydrogen-bond acceptors (Lipinski definition) is 3. The molecule has 9 heavy (non-hydrogen) atoms. The average molecular weight is 244 g/mol. The van der Waals surface area contributed by atoms with E-state index < -0.39 is 5.97 Å². The van der Waals surface area contributed by atoms with Crippen molar-refractivity contribution in [1.29, 1.82) is 0 Å². The maximum absolute atomic E-state index is 9.86. The minimum absolute atomic E-state index is 0. The summed E-state index contributed by atoms with van der Waals surface area (Å²) in [5.74, 6) is -1.42. The van der Waals surface area contributed by atoms with Crippen LogP contribution < -0.4 is 74.0 Å². The van der Waals surface area contributed by atoms with Crippen molar-refractivity contribution in [3.8, 4) is 0 Å². The van der Waals surface area contributed by atoms with Crippen molar-refractivity contribution >= 4 is 5.97 Å². The molecule has 1 aromatic heterocycles. The van der Waals surface area contributed by atoms with E-state index in [1.54, 1.807) is 0 Å². The SMILES string of the molecule is O=C([O-])c1ccco1.[Cs+]. The van der Waals surface area contributed by atoms with E-state index in [1.807, 2.05) is 0 Å². The standard InChI is InChI=1S/C5H4O3.Cs/c6-5(7)4-2-1-3-8-4;/h1-3H,(H,6,7);/q;+1/p-1. The van der Waals surface area contributed by atoms with E-state index >= 15 is 0 Å². The van der Waals surface area contributed by atoms with Gasteiger partial charge in [-0.25, -0.2) is 0 Å². The van der Waals surface area contributed by atoms with Crippen molar-refractivity contribution in [3.05, 3.63) is 24.2 Å². The maximum Gasteiger partial charge on any atom is 1.00 e. The van der Waals surface area contributed by atoms with Crippen molar-refractivity contribution in [2.75, 3.05) is 0 Å². The van der Waals surface area contributed by atoms with Gasteiger partial charge in [0, 0.05) is 0 Å². The van der Waals surface area contributed by atoms with Crippen LogP contribution in [0.3, 0.4) is 0 Å². The van der Waals surface area contributed by atoms with E-state index in [1.165, 1.54) is 18.4 Å². The molecule has 4 heteroatoms. The van der Waals surface area contributed by atoms with Crippen molar-refractivity contribution in [1.82, 2.24) is 0 Å². The van der Waals surface area contributed by atoms with Crippen LogP contribution in [-0.4, -0.2) is 5.97 Å². The Balaban J connectivity index is 0.000000640. The number of carbonyl (C=O) groups excluding carboxylic acids is 1. The first kappa shape index (κ1) is 9.80. The van der Waals surface area contributed by atoms with Gasteiger partial charge >= 0.3 is 68.9 Å². The fraction of sp³-hybridized carbons (Fsp3) is 0. The van der Waals surface area contributed by atoms with Gasteiger partial charge in [0.15, 0.2) is 0 Å². The first-order valence-electron chi connectivity index (χ1n) is 2.05. The summed E-state index contributed by atoms with van der Waals surface area (Å²) in [6.07, 6.45) is 1.28. The third-order valence-electron chi connectivity index (χ3n) is 0.722. The molecule has 0 amide bonds. The molecule has 3 nitrogen and oxygen atoms in total. The van der Waals surface area contributed by atoms with Crippen LogP contribution in [0.25, 0.3) is 0 Å². The largest absolute Gasteiger partial charge is 1.00 e. The quantitative estimate of drug-likeness (QED) is 0.518. The Bertz CT molecular complexity index is 180. The van der Waals surface area contributed by atoms with Crippen LogP contribution in [0.5, 0.6) is 0 Å². The molecule has 0 atom stereocenters. The second-order valence-electron chi connectivity index (χ2n) is 1.26. The molecule has 42 valence electrons. The molecule has 0 fully saturated rings. The molecule has 0 unspecified atom stereocenters. The summed E-state index contributed by atoms with van der Waals surface area (Å²) >= 11 is 0. The van der Waals surface area contributed by atoms with Crippen molar-refractivity contribution < 1.29 is 83.2 Å². The van der Waals surface area contributed by atoms with Crippen molar-refractivity contribution in [2.45, 2.75) is 0 Å². The molecule has 0 aliphatic rings. The number of carboxylic acid groups (broad SMARTS) is 1. The van der Waals surface area contributed by atoms with Gasteiger partial charge in [0.05, 0.1) is 6.26 Å². The van der Waals surface area contributed by atoms with E-state index in [0.29, 0.717) is 0 Å². The van der Waals surface area contributed by atoms with Crippen LogP contribution in [0.2, 0.25) is 0 Å². The van der Waals surface area contributed by atoms with Gasteiger partial charge in [-0.05, 0) is 12.1 Å². The number of furan rings is 1. The molecule has 1 aromatic rings. The van der Waals surface area contributed by atoms with Gasteiger partial charge in [-0.3, -0.25) is 0 Å². The summed E-state index contributed by atoms with van der Waals surface area (Å²) in [6.45, 7) is 0. The molecular formula is C5H3CsO3. The van der Waals surface area contributed by atoms with Gasteiger partial charge in [-0.1, -0.05) is 0 Å². The molecule has 0 saturated carbocycles. The second-order valence-corrected chi connectivity index (χ2v) is 1.26. The van der Waals surface area contributed by atoms with Crippen LogP contribution in [0, 0.1) is 0 Å². The first-order chi connectivity index (χ1) is 3.80. The average Bonchev–Trinajstić information content (AvgIpc) is 2.12. The van der Waals surface area contributed by atoms with Crippen LogP contribution in [0.15, 0.2) is 22.8 Å². The molecule has 0 bridgehead atoms. The van der Waals surface area contributed by atoms with E-state index in [4.69, 9.17) is 0 Å². The summed E-state index contributed by atoms with van der Waals surface area (Å²) in [6, 6.07) is 2.82. The second kappa shape index (κ2) is 4.59. The Kier molecular flexibility index (Phi) is 5.00. The Hall–Kier alpha value is 0.802. The van der Waals surface area contributed by atoms with Crippen LogP contribution in [0.1, 0.15) is 10.6 Å². The number of carbonyl (C=O) groups is 1. The Morgan fingerprint density at radius 3 is 2.56 bits per heavy atom. The zero-order valence-electron chi connectivity index (χ0n) is 4.96. The summed E-state index contributed by atoms with van der Waals surface area (Å²) in [5.41, 5.74) is 0. The van der Waals surface area contributed by atoms with Crippen LogP contribution >= 0.6 is 0 Å². The zero-order chi connectivity index (χ0) is 5.98. The number of hydrogen-bond donors (Lipinski definition) is 0. The van der Waals surface area contributed by atoms with E-state index in [0.717, 1.165) is 0 Å². The molecule has 0 N–H and O–H groups in total. The summed E-state index contributed by atoms with van der Waals surface area (Å²) in [5, 5.41) is 9.86. The van der Waals surface area contributed by atoms with Gasteiger partial charge in [0.25, 0.3) is 0 Å². The predicted octanol–water partition coefficient (Wildman–Crippen LogP) is -3.35. The van der Waals surface area contributed by atoms with Crippen molar-refractivity contribution in [2.24, 2.45) is 0 Å². The van der Waals surface area contributed by atoms with Crippen LogP contribution in [0.4, 0.5) is 0 Å². The Morgan fingerprint density at radius 1 is 1.67 bits per heavy atom. The first-order valence-corrected chi connectivity index (χ1v) is 2.05. The molecule has 0 aliphatic heterocycles. The van der Waals surface area contributed by atoms with Gasteiger partial charge in [0.2, 0.25) is 0 Å². The van der Waals surface area contributed by atoms with Gasteiger partial charge in [-0.15, -0.1) is 0 Å². The van der Waals surface area contributed by atoms with Crippen molar-refractivity contribution in [3.63, 3.8) is 0 Å². The summed E-state index contributed by atoms with van der Waals surface area (Å²) < 4.78 is 4.43. The number of aromatic carboxylic acids is 1. The molecule has 0 radical (unpaired) electrons. The number of carboxylic acids is 1. The Labute approximate surface area is 111 Å². The van der Waals surface area contributed by atoms with Gasteiger partial charge in [-0.2, -0.15) is 0 Å². The predicted molar refractivity (Wildman–Crippen MR) is 23.0 cm³/mol. The molecule has 0 aliphatic carbocycles. The smallest absolute Gasteiger partial charge is 0.542 e. The molecule has 1 rings (SSSR count). The third-order valence-corrected chi connectivity index (χ3v) is 0.722. The van der Waals surface area contributed by atoms with Gasteiger partial charge < -0.3 is 14.3 Å². The Morgan fingerprint density at radius 2 is 2.33 bits per heavy atom. The van der Waals surface area contributed by atoms with E-state index in [2.05, 4.69) is 4.42 Å². The van der Waals surface area contributed by atoms with Gasteiger partial charge in [0.1, 0.15) is 11.7 Å². The zero-order valence-corrected chi connectivity index (χ0v) is 11.2. The minimum Gasteiger partial charge on any atom is -0.542 e. The summed E-state index contributed by atoms with van der Waals surface area (Å²) in [4.78, 5) is 9.86. The monoisotopic (exact) mass is 244 g/mol. The maximum atomic E-state index is 9.86. The normalized spacial score (nSPS) is 8.00. The molecule has 1 heterocycles. The topological polar surface area (TPSA) is 53.3 Å². The molecule has 0 saturated heterocycles. The van der Waals surface area contributed by atoms with Crippen LogP contribution in [-0.2, 0) is 0 Å². The fourth-order valence-electron chi connectivity index (χ4n) is 0.395. The van der Waals surface area contributed by atoms with E-state index in [9.17, 15) is 9.90 Å². The number of rotatable bonds is 1. The molecule has 0 spiro atoms. The molecular weight excluding hydrogens is 241 g/mol. The van der Waals surface area contributed by atoms with E-state index in [-0.39, 0.29) is 74.7 Å². The minimum atomic E-state index is -1.28. The fourth-order valence-corrected chi connectivity index (χ4v) is 0.395. The molecule has 0 aromatic carbocycles. The summed E-state index contributed by atoms with van der Waals surface area (Å²) in [7, 11) is 0.